The van der Waals surface area contributed by atoms with Gasteiger partial charge >= 0.3 is 0 Å². The van der Waals surface area contributed by atoms with Crippen LogP contribution in [0.3, 0.4) is 0 Å². The van der Waals surface area contributed by atoms with Crippen molar-refractivity contribution >= 4 is 34.4 Å². The molecule has 0 atom stereocenters. The van der Waals surface area contributed by atoms with Crippen molar-refractivity contribution in [3.8, 4) is 0 Å². The fourth-order valence-electron chi connectivity index (χ4n) is 3.45. The van der Waals surface area contributed by atoms with Crippen molar-refractivity contribution < 1.29 is 4.39 Å². The average molecular weight is 457 g/mol. The Morgan fingerprint density at radius 3 is 2.55 bits per heavy atom. The van der Waals surface area contributed by atoms with E-state index < -0.39 is 0 Å². The third-order valence-electron chi connectivity index (χ3n) is 5.15. The minimum atomic E-state index is -0.372. The van der Waals surface area contributed by atoms with E-state index in [1.807, 2.05) is 45.0 Å². The summed E-state index contributed by atoms with van der Waals surface area (Å²) in [6, 6.07) is 12.6. The molecule has 2 aromatic heterocycles. The number of hydrogen-bond acceptors (Lipinski definition) is 4. The molecular weight excluding hydrogens is 435 g/mol. The summed E-state index contributed by atoms with van der Waals surface area (Å²) in [6.07, 6.45) is 0. The van der Waals surface area contributed by atoms with Crippen molar-refractivity contribution in [1.82, 2.24) is 19.3 Å². The Bertz CT molecular complexity index is 1290. The van der Waals surface area contributed by atoms with Crippen molar-refractivity contribution in [2.45, 2.75) is 44.8 Å². The van der Waals surface area contributed by atoms with Gasteiger partial charge in [0.15, 0.2) is 10.7 Å². The van der Waals surface area contributed by atoms with E-state index >= 15 is 0 Å². The number of fused-ring (bicyclic) bond motifs is 1. The summed E-state index contributed by atoms with van der Waals surface area (Å²) >= 11 is 7.49. The molecule has 0 saturated carbocycles. The first kappa shape index (κ1) is 21.6. The van der Waals surface area contributed by atoms with Crippen molar-refractivity contribution in [2.24, 2.45) is 0 Å². The zero-order valence-corrected chi connectivity index (χ0v) is 19.1. The van der Waals surface area contributed by atoms with E-state index in [4.69, 9.17) is 16.6 Å². The van der Waals surface area contributed by atoms with E-state index in [1.165, 1.54) is 17.8 Å². The third-order valence-corrected chi connectivity index (χ3v) is 6.51. The lowest BCUT2D eigenvalue weighted by Crippen LogP contribution is -2.25. The first-order valence-electron chi connectivity index (χ1n) is 9.98. The van der Waals surface area contributed by atoms with Crippen LogP contribution >= 0.6 is 23.4 Å². The Labute approximate surface area is 188 Å². The topological polar surface area (TPSA) is 52.7 Å². The van der Waals surface area contributed by atoms with Crippen molar-refractivity contribution in [3.63, 3.8) is 0 Å². The number of rotatable bonds is 6. The molecule has 0 saturated heterocycles. The van der Waals surface area contributed by atoms with Gasteiger partial charge in [-0.3, -0.25) is 14.0 Å². The molecule has 0 spiro atoms. The van der Waals surface area contributed by atoms with Gasteiger partial charge in [-0.15, -0.1) is 0 Å². The van der Waals surface area contributed by atoms with Crippen LogP contribution in [0.5, 0.6) is 0 Å². The van der Waals surface area contributed by atoms with E-state index in [0.717, 1.165) is 11.1 Å². The molecule has 31 heavy (non-hydrogen) atoms. The summed E-state index contributed by atoms with van der Waals surface area (Å²) in [4.78, 5) is 18.3. The normalized spacial score (nSPS) is 11.4. The Kier molecular flexibility index (Phi) is 6.16. The quantitative estimate of drug-likeness (QED) is 0.289. The number of halogens is 2. The highest BCUT2D eigenvalue weighted by Crippen LogP contribution is 2.29. The molecule has 2 aromatic carbocycles. The number of hydrogen-bond donors (Lipinski definition) is 0. The molecule has 0 aliphatic heterocycles. The van der Waals surface area contributed by atoms with Gasteiger partial charge in [-0.25, -0.2) is 9.37 Å². The molecule has 160 valence electrons. The lowest BCUT2D eigenvalue weighted by molar-refractivity contribution is 0.616. The lowest BCUT2D eigenvalue weighted by atomic mass is 10.1. The van der Waals surface area contributed by atoms with Crippen LogP contribution in [0, 0.1) is 19.7 Å². The van der Waals surface area contributed by atoms with Gasteiger partial charge in [0.05, 0.1) is 12.2 Å². The van der Waals surface area contributed by atoms with Gasteiger partial charge in [0.2, 0.25) is 0 Å². The molecule has 4 aromatic rings. The standard InChI is InChI=1S/C23H22ClFN4OS/c1-4-29-21-20(15(3)27-29)26-23(31-13-17-18(24)6-5-7-19(17)25)28(22(21)30)12-16-10-8-14(2)9-11-16/h5-11H,4,12-13H2,1-3H3. The molecule has 0 radical (unpaired) electrons. The van der Waals surface area contributed by atoms with E-state index in [0.29, 0.717) is 45.6 Å². The molecular formula is C23H22ClFN4OS. The molecule has 0 aliphatic rings. The average Bonchev–Trinajstić information content (AvgIpc) is 3.07. The fraction of sp³-hybridized carbons (Fsp3) is 0.261. The van der Waals surface area contributed by atoms with E-state index in [-0.39, 0.29) is 17.1 Å². The monoisotopic (exact) mass is 456 g/mol. The van der Waals surface area contributed by atoms with Crippen LogP contribution in [-0.4, -0.2) is 19.3 Å². The van der Waals surface area contributed by atoms with Gasteiger partial charge < -0.3 is 0 Å². The highest BCUT2D eigenvalue weighted by Gasteiger charge is 2.19. The first-order valence-corrected chi connectivity index (χ1v) is 11.3. The Hall–Kier alpha value is -2.64. The van der Waals surface area contributed by atoms with Gasteiger partial charge in [0.1, 0.15) is 11.3 Å². The molecule has 0 amide bonds. The number of benzene rings is 2. The van der Waals surface area contributed by atoms with Crippen molar-refractivity contribution in [1.29, 1.82) is 0 Å². The third kappa shape index (κ3) is 4.25. The summed E-state index contributed by atoms with van der Waals surface area (Å²) in [7, 11) is 0. The minimum absolute atomic E-state index is 0.157. The summed E-state index contributed by atoms with van der Waals surface area (Å²) in [5.74, 6) is -0.110. The molecule has 2 heterocycles. The molecule has 0 bridgehead atoms. The van der Waals surface area contributed by atoms with Crippen LogP contribution in [0.1, 0.15) is 29.3 Å². The largest absolute Gasteiger partial charge is 0.281 e. The fourth-order valence-corrected chi connectivity index (χ4v) is 4.78. The maximum atomic E-state index is 14.3. The second-order valence-electron chi connectivity index (χ2n) is 7.36. The zero-order valence-electron chi connectivity index (χ0n) is 17.5. The van der Waals surface area contributed by atoms with Crippen LogP contribution in [0.25, 0.3) is 11.0 Å². The van der Waals surface area contributed by atoms with Gasteiger partial charge in [-0.2, -0.15) is 5.10 Å². The summed E-state index contributed by atoms with van der Waals surface area (Å²) in [5.41, 5.74) is 4.13. The summed E-state index contributed by atoms with van der Waals surface area (Å²) < 4.78 is 17.6. The second kappa shape index (κ2) is 8.85. The molecule has 0 aliphatic carbocycles. The number of nitrogens with zero attached hydrogens (tertiary/aromatic N) is 4. The highest BCUT2D eigenvalue weighted by molar-refractivity contribution is 7.98. The predicted octanol–water partition coefficient (Wildman–Crippen LogP) is 5.36. The molecule has 0 N–H and O–H groups in total. The van der Waals surface area contributed by atoms with Crippen LogP contribution in [0.15, 0.2) is 52.4 Å². The minimum Gasteiger partial charge on any atom is -0.281 e. The maximum Gasteiger partial charge on any atom is 0.280 e. The highest BCUT2D eigenvalue weighted by atomic mass is 35.5. The van der Waals surface area contributed by atoms with E-state index in [1.54, 1.807) is 21.4 Å². The molecule has 4 rings (SSSR count). The lowest BCUT2D eigenvalue weighted by Gasteiger charge is -2.13. The molecule has 0 fully saturated rings. The summed E-state index contributed by atoms with van der Waals surface area (Å²) in [5, 5.41) is 5.33. The Morgan fingerprint density at radius 2 is 1.87 bits per heavy atom. The Morgan fingerprint density at radius 1 is 1.13 bits per heavy atom. The summed E-state index contributed by atoms with van der Waals surface area (Å²) in [6.45, 7) is 6.74. The van der Waals surface area contributed by atoms with Gasteiger partial charge in [-0.1, -0.05) is 59.3 Å². The van der Waals surface area contributed by atoms with Crippen molar-refractivity contribution in [3.05, 3.63) is 86.0 Å². The van der Waals surface area contributed by atoms with Crippen LogP contribution in [0.2, 0.25) is 5.02 Å². The number of aryl methyl sites for hydroxylation is 3. The van der Waals surface area contributed by atoms with Gasteiger partial charge in [-0.05, 0) is 38.5 Å². The smallest absolute Gasteiger partial charge is 0.280 e. The maximum absolute atomic E-state index is 14.3. The van der Waals surface area contributed by atoms with Crippen molar-refractivity contribution in [2.75, 3.05) is 0 Å². The Balaban J connectivity index is 1.82. The zero-order chi connectivity index (χ0) is 22.1. The molecule has 8 heteroatoms. The van der Waals surface area contributed by atoms with Gasteiger partial charge in [0, 0.05) is 22.9 Å². The number of thioether (sulfide) groups is 1. The molecule has 0 unspecified atom stereocenters. The van der Waals surface area contributed by atoms with Gasteiger partial charge in [0.25, 0.3) is 5.56 Å². The first-order chi connectivity index (χ1) is 14.9. The second-order valence-corrected chi connectivity index (χ2v) is 8.71. The SMILES string of the molecule is CCn1nc(C)c2nc(SCc3c(F)cccc3Cl)n(Cc3ccc(C)cc3)c(=O)c21. The van der Waals surface area contributed by atoms with E-state index in [2.05, 4.69) is 5.10 Å². The molecule has 5 nitrogen and oxygen atoms in total. The predicted molar refractivity (Wildman–Crippen MR) is 123 cm³/mol. The van der Waals surface area contributed by atoms with Crippen LogP contribution in [0.4, 0.5) is 4.39 Å². The van der Waals surface area contributed by atoms with E-state index in [9.17, 15) is 9.18 Å². The van der Waals surface area contributed by atoms with Crippen LogP contribution < -0.4 is 5.56 Å². The van der Waals surface area contributed by atoms with Crippen LogP contribution in [-0.2, 0) is 18.8 Å². The number of aromatic nitrogens is 4.